The maximum atomic E-state index is 4.47. The molecule has 0 aliphatic rings. The molecule has 1 aromatic heterocycles. The van der Waals surface area contributed by atoms with Crippen molar-refractivity contribution in [1.29, 1.82) is 0 Å². The molecular weight excluding hydrogens is 291 g/mol. The minimum absolute atomic E-state index is 1.25. The van der Waals surface area contributed by atoms with Crippen molar-refractivity contribution >= 4 is 23.6 Å². The summed E-state index contributed by atoms with van der Waals surface area (Å²) in [5.41, 5.74) is 0. The Morgan fingerprint density at radius 2 is 1.53 bits per heavy atom. The molecule has 1 heterocycles. The maximum absolute atomic E-state index is 4.47. The van der Waals surface area contributed by atoms with E-state index in [1.165, 1.54) is 38.4 Å². The summed E-state index contributed by atoms with van der Waals surface area (Å²) in [5, 5.41) is 0. The van der Waals surface area contributed by atoms with Crippen LogP contribution in [0.2, 0.25) is 8.87 Å². The first-order chi connectivity index (χ1) is 7.38. The van der Waals surface area contributed by atoms with Gasteiger partial charge in [0, 0.05) is 0 Å². The van der Waals surface area contributed by atoms with Gasteiger partial charge in [0.15, 0.2) is 0 Å². The number of aromatic nitrogens is 2. The summed E-state index contributed by atoms with van der Waals surface area (Å²) in [5.74, 6) is 0. The first-order valence-electron chi connectivity index (χ1n) is 6.15. The number of hydrogen-bond donors (Lipinski definition) is 0. The van der Waals surface area contributed by atoms with Crippen molar-refractivity contribution in [3.8, 4) is 0 Å². The van der Waals surface area contributed by atoms with Crippen LogP contribution in [-0.2, 0) is 0 Å². The second-order valence-corrected chi connectivity index (χ2v) is 12.8. The van der Waals surface area contributed by atoms with Crippen molar-refractivity contribution in [3.63, 3.8) is 0 Å². The molecule has 0 fully saturated rings. The monoisotopic (exact) mass is 314 g/mol. The Balaban J connectivity index is 2.55. The van der Waals surface area contributed by atoms with Gasteiger partial charge in [-0.3, -0.25) is 0 Å². The molecule has 0 aliphatic carbocycles. The molecule has 0 spiro atoms. The molecule has 0 saturated heterocycles. The van der Waals surface area contributed by atoms with E-state index in [0.717, 1.165) is 0 Å². The average Bonchev–Trinajstić information content (AvgIpc) is 2.30. The predicted molar refractivity (Wildman–Crippen MR) is 68.2 cm³/mol. The van der Waals surface area contributed by atoms with Gasteiger partial charge in [0.1, 0.15) is 0 Å². The van der Waals surface area contributed by atoms with E-state index in [9.17, 15) is 0 Å². The summed E-state index contributed by atoms with van der Waals surface area (Å²) in [6.45, 7) is 4.54. The Kier molecular flexibility index (Phi) is 6.97. The summed E-state index contributed by atoms with van der Waals surface area (Å²) in [6, 6.07) is 1.92. The Labute approximate surface area is 100 Å². The fourth-order valence-electron chi connectivity index (χ4n) is 1.83. The Morgan fingerprint density at radius 1 is 1.00 bits per heavy atom. The van der Waals surface area contributed by atoms with Crippen LogP contribution < -0.4 is 3.84 Å². The van der Waals surface area contributed by atoms with Crippen molar-refractivity contribution < 1.29 is 0 Å². The zero-order valence-corrected chi connectivity index (χ0v) is 13.2. The number of nitrogens with zero attached hydrogens (tertiary/aromatic N) is 2. The minimum atomic E-state index is -1.58. The molecule has 2 nitrogen and oxygen atoms in total. The van der Waals surface area contributed by atoms with Crippen molar-refractivity contribution in [2.45, 2.75) is 48.4 Å². The van der Waals surface area contributed by atoms with E-state index in [1.54, 1.807) is 0 Å². The van der Waals surface area contributed by atoms with E-state index in [0.29, 0.717) is 0 Å². The summed E-state index contributed by atoms with van der Waals surface area (Å²) in [4.78, 5) is 8.93. The standard InChI is InChI=1S/C4H3N2.2C4H9.Sn.H/c1-2-5-4-6-3-1;2*1-3-4-2;;/h1-3H;2*1,3-4H2,2H3;;. The molecule has 0 amide bonds. The van der Waals surface area contributed by atoms with Gasteiger partial charge in [0.25, 0.3) is 0 Å². The third kappa shape index (κ3) is 4.96. The van der Waals surface area contributed by atoms with Gasteiger partial charge in [-0.05, 0) is 0 Å². The Hall–Kier alpha value is -0.121. The molecule has 84 valence electrons. The second kappa shape index (κ2) is 8.08. The SMILES string of the molecule is CCC[CH2][SnH]([CH2]CCC)[c]1ncccn1. The van der Waals surface area contributed by atoms with E-state index in [4.69, 9.17) is 0 Å². The van der Waals surface area contributed by atoms with Crippen LogP contribution in [0.5, 0.6) is 0 Å². The number of rotatable bonds is 7. The molecule has 3 heteroatoms. The van der Waals surface area contributed by atoms with E-state index in [2.05, 4.69) is 23.8 Å². The van der Waals surface area contributed by atoms with Crippen LogP contribution >= 0.6 is 0 Å². The van der Waals surface area contributed by atoms with Crippen molar-refractivity contribution in [2.75, 3.05) is 0 Å². The predicted octanol–water partition coefficient (Wildman–Crippen LogP) is 2.51. The van der Waals surface area contributed by atoms with Gasteiger partial charge < -0.3 is 0 Å². The normalized spacial score (nSPS) is 10.9. The van der Waals surface area contributed by atoms with Crippen LogP contribution in [0.3, 0.4) is 0 Å². The van der Waals surface area contributed by atoms with Crippen LogP contribution in [0.15, 0.2) is 18.5 Å². The first kappa shape index (κ1) is 12.9. The molecule has 0 N–H and O–H groups in total. The van der Waals surface area contributed by atoms with Gasteiger partial charge in [-0.2, -0.15) is 0 Å². The summed E-state index contributed by atoms with van der Waals surface area (Å²) in [7, 11) is 0. The molecule has 0 atom stereocenters. The van der Waals surface area contributed by atoms with E-state index in [1.807, 2.05) is 18.5 Å². The third-order valence-electron chi connectivity index (χ3n) is 2.76. The van der Waals surface area contributed by atoms with Crippen LogP contribution in [-0.4, -0.2) is 29.7 Å². The fourth-order valence-corrected chi connectivity index (χ4v) is 11.0. The molecule has 0 aromatic carbocycles. The van der Waals surface area contributed by atoms with Gasteiger partial charge in [0.05, 0.1) is 0 Å². The molecule has 0 radical (unpaired) electrons. The van der Waals surface area contributed by atoms with E-state index in [-0.39, 0.29) is 0 Å². The molecular formula is C12H22N2Sn. The zero-order valence-electron chi connectivity index (χ0n) is 9.95. The van der Waals surface area contributed by atoms with Gasteiger partial charge >= 0.3 is 100 Å². The number of hydrogen-bond acceptors (Lipinski definition) is 2. The fraction of sp³-hybridized carbons (Fsp3) is 0.667. The van der Waals surface area contributed by atoms with Crippen molar-refractivity contribution in [3.05, 3.63) is 18.5 Å². The first-order valence-corrected chi connectivity index (χ1v) is 12.5. The second-order valence-electron chi connectivity index (χ2n) is 4.09. The topological polar surface area (TPSA) is 25.8 Å². The Morgan fingerprint density at radius 3 is 2.00 bits per heavy atom. The van der Waals surface area contributed by atoms with Gasteiger partial charge in [-0.1, -0.05) is 0 Å². The van der Waals surface area contributed by atoms with Crippen LogP contribution in [0, 0.1) is 0 Å². The molecule has 0 bridgehead atoms. The quantitative estimate of drug-likeness (QED) is 0.723. The summed E-state index contributed by atoms with van der Waals surface area (Å²) in [6.07, 6.45) is 9.19. The molecule has 0 aliphatic heterocycles. The van der Waals surface area contributed by atoms with Gasteiger partial charge in [-0.25, -0.2) is 0 Å². The van der Waals surface area contributed by atoms with Crippen molar-refractivity contribution in [1.82, 2.24) is 9.97 Å². The molecule has 15 heavy (non-hydrogen) atoms. The third-order valence-corrected chi connectivity index (χ3v) is 12.0. The van der Waals surface area contributed by atoms with E-state index < -0.39 is 19.8 Å². The number of unbranched alkanes of at least 4 members (excludes halogenated alkanes) is 2. The van der Waals surface area contributed by atoms with Crippen molar-refractivity contribution in [2.24, 2.45) is 0 Å². The zero-order chi connectivity index (χ0) is 10.9. The van der Waals surface area contributed by atoms with Crippen LogP contribution in [0.4, 0.5) is 0 Å². The molecule has 0 unspecified atom stereocenters. The van der Waals surface area contributed by atoms with Gasteiger partial charge in [0.2, 0.25) is 0 Å². The summed E-state index contributed by atoms with van der Waals surface area (Å²) >= 11 is -1.58. The Bertz CT molecular complexity index is 243. The summed E-state index contributed by atoms with van der Waals surface area (Å²) < 4.78 is 4.14. The molecule has 1 rings (SSSR count). The van der Waals surface area contributed by atoms with Crippen LogP contribution in [0.25, 0.3) is 0 Å². The molecule has 0 saturated carbocycles. The van der Waals surface area contributed by atoms with Gasteiger partial charge in [-0.15, -0.1) is 0 Å². The van der Waals surface area contributed by atoms with E-state index >= 15 is 0 Å². The average molecular weight is 313 g/mol. The molecule has 1 aromatic rings. The van der Waals surface area contributed by atoms with Crippen LogP contribution in [0.1, 0.15) is 39.5 Å².